The highest BCUT2D eigenvalue weighted by Gasteiger charge is 2.11. The van der Waals surface area contributed by atoms with Gasteiger partial charge in [0.25, 0.3) is 0 Å². The van der Waals surface area contributed by atoms with Crippen LogP contribution in [-0.2, 0) is 0 Å². The number of benzene rings is 3. The van der Waals surface area contributed by atoms with Gasteiger partial charge in [0.05, 0.1) is 24.2 Å². The molecule has 5 heteroatoms. The third-order valence-corrected chi connectivity index (χ3v) is 5.17. The van der Waals surface area contributed by atoms with Gasteiger partial charge in [0.2, 0.25) is 5.95 Å². The van der Waals surface area contributed by atoms with E-state index in [9.17, 15) is 0 Å². The van der Waals surface area contributed by atoms with Gasteiger partial charge in [-0.15, -0.1) is 0 Å². The molecule has 1 aromatic heterocycles. The fourth-order valence-electron chi connectivity index (χ4n) is 3.28. The number of hydrogen-bond donors (Lipinski definition) is 0. The molecule has 3 aromatic carbocycles. The van der Waals surface area contributed by atoms with E-state index in [1.807, 2.05) is 98.0 Å². The summed E-state index contributed by atoms with van der Waals surface area (Å²) in [4.78, 5) is 9.56. The van der Waals surface area contributed by atoms with Crippen LogP contribution in [0.15, 0.2) is 96.1 Å². The molecule has 166 valence electrons. The minimum Gasteiger partial charge on any atom is -0.494 e. The molecule has 0 N–H and O–H groups in total. The lowest BCUT2D eigenvalue weighted by Gasteiger charge is -2.14. The van der Waals surface area contributed by atoms with Gasteiger partial charge in [0.15, 0.2) is 0 Å². The molecule has 4 rings (SSSR count). The average molecular weight is 437 g/mol. The van der Waals surface area contributed by atoms with Crippen molar-refractivity contribution in [2.24, 2.45) is 5.10 Å². The maximum atomic E-state index is 5.73. The molecular formula is C28H28N4O. The predicted octanol–water partition coefficient (Wildman–Crippen LogP) is 6.46. The Balaban J connectivity index is 1.58. The number of aromatic nitrogens is 2. The van der Waals surface area contributed by atoms with Gasteiger partial charge in [0.1, 0.15) is 5.75 Å². The molecule has 4 aromatic rings. The first-order valence-electron chi connectivity index (χ1n) is 11.2. The van der Waals surface area contributed by atoms with Gasteiger partial charge in [-0.05, 0) is 42.3 Å². The molecule has 0 fully saturated rings. The zero-order chi connectivity index (χ0) is 22.9. The fraction of sp³-hybridized carbons (Fsp3) is 0.179. The number of unbranched alkanes of at least 4 members (excludes halogenated alkanes) is 1. The molecule has 0 atom stereocenters. The Hall–Kier alpha value is -3.99. The number of rotatable bonds is 9. The molecule has 5 nitrogen and oxygen atoms in total. The number of hydrazone groups is 1. The molecule has 0 unspecified atom stereocenters. The van der Waals surface area contributed by atoms with E-state index in [0.29, 0.717) is 5.95 Å². The largest absolute Gasteiger partial charge is 0.494 e. The van der Waals surface area contributed by atoms with Gasteiger partial charge in [-0.3, -0.25) is 0 Å². The Morgan fingerprint density at radius 1 is 0.818 bits per heavy atom. The summed E-state index contributed by atoms with van der Waals surface area (Å²) in [7, 11) is 1.86. The standard InChI is InChI=1S/C28H28N4O/c1-3-4-19-33-25-17-15-22(16-18-25)21-29-32(2)28-30-26(23-11-7-5-8-12-23)20-27(31-28)24-13-9-6-10-14-24/h5-18,20-21H,3-4,19H2,1-2H3/b29-21+. The molecule has 0 saturated heterocycles. The summed E-state index contributed by atoms with van der Waals surface area (Å²) in [6.45, 7) is 2.90. The van der Waals surface area contributed by atoms with Crippen LogP contribution >= 0.6 is 0 Å². The van der Waals surface area contributed by atoms with Crippen molar-refractivity contribution in [3.63, 3.8) is 0 Å². The van der Waals surface area contributed by atoms with Crippen molar-refractivity contribution in [2.75, 3.05) is 18.7 Å². The molecule has 0 aliphatic carbocycles. The first-order valence-corrected chi connectivity index (χ1v) is 11.2. The van der Waals surface area contributed by atoms with Crippen LogP contribution in [0.2, 0.25) is 0 Å². The monoisotopic (exact) mass is 436 g/mol. The van der Waals surface area contributed by atoms with E-state index >= 15 is 0 Å². The van der Waals surface area contributed by atoms with E-state index in [1.54, 1.807) is 11.2 Å². The van der Waals surface area contributed by atoms with Gasteiger partial charge >= 0.3 is 0 Å². The highest BCUT2D eigenvalue weighted by atomic mass is 16.5. The molecular weight excluding hydrogens is 408 g/mol. The summed E-state index contributed by atoms with van der Waals surface area (Å²) in [5, 5.41) is 6.28. The Kier molecular flexibility index (Phi) is 7.44. The van der Waals surface area contributed by atoms with Crippen LogP contribution in [-0.4, -0.2) is 29.8 Å². The van der Waals surface area contributed by atoms with Crippen molar-refractivity contribution in [2.45, 2.75) is 19.8 Å². The Morgan fingerprint density at radius 2 is 1.39 bits per heavy atom. The molecule has 0 radical (unpaired) electrons. The third kappa shape index (κ3) is 6.04. The van der Waals surface area contributed by atoms with Crippen LogP contribution in [0.25, 0.3) is 22.5 Å². The quantitative estimate of drug-likeness (QED) is 0.172. The van der Waals surface area contributed by atoms with Crippen LogP contribution in [0.5, 0.6) is 5.75 Å². The van der Waals surface area contributed by atoms with E-state index in [-0.39, 0.29) is 0 Å². The van der Waals surface area contributed by atoms with Crippen LogP contribution in [0, 0.1) is 0 Å². The second kappa shape index (κ2) is 11.0. The molecule has 33 heavy (non-hydrogen) atoms. The van der Waals surface area contributed by atoms with Crippen molar-refractivity contribution in [3.8, 4) is 28.3 Å². The van der Waals surface area contributed by atoms with Crippen LogP contribution in [0.4, 0.5) is 5.95 Å². The molecule has 0 bridgehead atoms. The van der Waals surface area contributed by atoms with E-state index in [1.165, 1.54) is 0 Å². The zero-order valence-corrected chi connectivity index (χ0v) is 19.1. The number of nitrogens with zero attached hydrogens (tertiary/aromatic N) is 4. The van der Waals surface area contributed by atoms with Gasteiger partial charge in [-0.25, -0.2) is 15.0 Å². The second-order valence-electron chi connectivity index (χ2n) is 7.71. The maximum Gasteiger partial charge on any atom is 0.247 e. The van der Waals surface area contributed by atoms with Gasteiger partial charge in [-0.2, -0.15) is 5.10 Å². The van der Waals surface area contributed by atoms with E-state index in [2.05, 4.69) is 12.0 Å². The van der Waals surface area contributed by atoms with Crippen molar-refractivity contribution in [1.82, 2.24) is 9.97 Å². The Bertz CT molecular complexity index is 1120. The lowest BCUT2D eigenvalue weighted by molar-refractivity contribution is 0.309. The second-order valence-corrected chi connectivity index (χ2v) is 7.71. The minimum absolute atomic E-state index is 0.533. The molecule has 0 spiro atoms. The average Bonchev–Trinajstić information content (AvgIpc) is 2.89. The highest BCUT2D eigenvalue weighted by Crippen LogP contribution is 2.26. The SMILES string of the molecule is CCCCOc1ccc(/C=N/N(C)c2nc(-c3ccccc3)cc(-c3ccccc3)n2)cc1. The van der Waals surface area contributed by atoms with E-state index in [0.717, 1.165) is 53.3 Å². The topological polar surface area (TPSA) is 50.6 Å². The summed E-state index contributed by atoms with van der Waals surface area (Å²) in [5.41, 5.74) is 4.76. The minimum atomic E-state index is 0.533. The maximum absolute atomic E-state index is 5.73. The molecule has 1 heterocycles. The normalized spacial score (nSPS) is 11.0. The summed E-state index contributed by atoms with van der Waals surface area (Å²) in [5.74, 6) is 1.41. The molecule has 0 saturated carbocycles. The van der Waals surface area contributed by atoms with Crippen LogP contribution in [0.1, 0.15) is 25.3 Å². The van der Waals surface area contributed by atoms with Crippen molar-refractivity contribution >= 4 is 12.2 Å². The highest BCUT2D eigenvalue weighted by molar-refractivity contribution is 5.80. The lowest BCUT2D eigenvalue weighted by atomic mass is 10.1. The van der Waals surface area contributed by atoms with Crippen molar-refractivity contribution in [1.29, 1.82) is 0 Å². The summed E-state index contributed by atoms with van der Waals surface area (Å²) in [6, 6.07) is 30.2. The summed E-state index contributed by atoms with van der Waals surface area (Å²) in [6.07, 6.45) is 3.98. The number of hydrogen-bond acceptors (Lipinski definition) is 5. The number of ether oxygens (including phenoxy) is 1. The Labute approximate surface area is 195 Å². The zero-order valence-electron chi connectivity index (χ0n) is 19.1. The summed E-state index contributed by atoms with van der Waals surface area (Å²) < 4.78 is 5.73. The fourth-order valence-corrected chi connectivity index (χ4v) is 3.28. The first-order chi connectivity index (χ1) is 16.2. The van der Waals surface area contributed by atoms with Crippen LogP contribution < -0.4 is 9.75 Å². The van der Waals surface area contributed by atoms with E-state index < -0.39 is 0 Å². The van der Waals surface area contributed by atoms with Gasteiger partial charge < -0.3 is 4.74 Å². The smallest absolute Gasteiger partial charge is 0.247 e. The molecule has 0 amide bonds. The third-order valence-electron chi connectivity index (χ3n) is 5.17. The van der Waals surface area contributed by atoms with Crippen molar-refractivity contribution < 1.29 is 4.74 Å². The lowest BCUT2D eigenvalue weighted by Crippen LogP contribution is -2.13. The summed E-state index contributed by atoms with van der Waals surface area (Å²) >= 11 is 0. The van der Waals surface area contributed by atoms with Crippen LogP contribution in [0.3, 0.4) is 0 Å². The molecule has 0 aliphatic rings. The first kappa shape index (κ1) is 22.2. The van der Waals surface area contributed by atoms with E-state index in [4.69, 9.17) is 14.7 Å². The molecule has 0 aliphatic heterocycles. The predicted molar refractivity (Wildman–Crippen MR) is 136 cm³/mol. The van der Waals surface area contributed by atoms with Gasteiger partial charge in [0, 0.05) is 18.2 Å². The van der Waals surface area contributed by atoms with Crippen molar-refractivity contribution in [3.05, 3.63) is 96.6 Å². The number of anilines is 1. The Morgan fingerprint density at radius 3 is 1.94 bits per heavy atom. The van der Waals surface area contributed by atoms with Gasteiger partial charge in [-0.1, -0.05) is 74.0 Å².